The van der Waals surface area contributed by atoms with Crippen LogP contribution in [0.2, 0.25) is 0 Å². The molecular weight excluding hydrogens is 246 g/mol. The van der Waals surface area contributed by atoms with Gasteiger partial charge in [0.25, 0.3) is 0 Å². The third-order valence-electron chi connectivity index (χ3n) is 3.07. The lowest BCUT2D eigenvalue weighted by molar-refractivity contribution is 0.817. The Hall–Kier alpha value is -1.75. The topological polar surface area (TPSA) is 47.8 Å². The summed E-state index contributed by atoms with van der Waals surface area (Å²) >= 11 is 1.57. The summed E-state index contributed by atoms with van der Waals surface area (Å²) in [7, 11) is 2.02. The van der Waals surface area contributed by atoms with Crippen LogP contribution in [0.5, 0.6) is 0 Å². The lowest BCUT2D eigenvalue weighted by atomic mass is 10.1. The fourth-order valence-corrected chi connectivity index (χ4v) is 3.20. The molecule has 4 nitrogen and oxygen atoms in total. The van der Waals surface area contributed by atoms with Gasteiger partial charge in [-0.2, -0.15) is 0 Å². The second-order valence-corrected chi connectivity index (χ2v) is 5.47. The molecule has 3 aliphatic rings. The molecule has 0 N–H and O–H groups in total. The average molecular weight is 259 g/mol. The summed E-state index contributed by atoms with van der Waals surface area (Å²) in [6.07, 6.45) is 3.56. The summed E-state index contributed by atoms with van der Waals surface area (Å²) in [6, 6.07) is 3.57. The normalized spacial score (nSPS) is 11.4. The highest BCUT2D eigenvalue weighted by molar-refractivity contribution is 7.04. The Morgan fingerprint density at radius 2 is 2.17 bits per heavy atom. The van der Waals surface area contributed by atoms with Gasteiger partial charge in [-0.1, -0.05) is 24.9 Å². The van der Waals surface area contributed by atoms with E-state index in [9.17, 15) is 4.79 Å². The molecule has 0 aromatic rings. The highest BCUT2D eigenvalue weighted by Crippen LogP contribution is 2.21. The molecule has 0 unspecified atom stereocenters. The smallest absolute Gasteiger partial charge is 0.189 e. The molecule has 92 valence electrons. The Morgan fingerprint density at radius 1 is 1.33 bits per heavy atom. The summed E-state index contributed by atoms with van der Waals surface area (Å²) in [5.41, 5.74) is 2.73. The van der Waals surface area contributed by atoms with Crippen molar-refractivity contribution in [3.8, 4) is 11.4 Å². The molecule has 0 aromatic carbocycles. The first-order valence-corrected chi connectivity index (χ1v) is 6.71. The molecule has 0 saturated carbocycles. The molecular formula is C13H13N3OS. The second kappa shape index (κ2) is 4.17. The first kappa shape index (κ1) is 11.3. The zero-order valence-electron chi connectivity index (χ0n) is 10.3. The van der Waals surface area contributed by atoms with Crippen LogP contribution in [0.4, 0.5) is 0 Å². The number of hydrogen-bond acceptors (Lipinski definition) is 4. The van der Waals surface area contributed by atoms with E-state index in [4.69, 9.17) is 0 Å². The van der Waals surface area contributed by atoms with Gasteiger partial charge in [0.05, 0.1) is 10.2 Å². The zero-order valence-corrected chi connectivity index (χ0v) is 11.1. The van der Waals surface area contributed by atoms with E-state index in [2.05, 4.69) is 20.8 Å². The standard InChI is InChI=1S/C13H13N3OS/c1-3-4-8-5-9-11(17)6-10-12(15-7-14-10)13(9)18-16(8)2/h5-7H,3-4H2,1-2H3. The van der Waals surface area contributed by atoms with E-state index in [1.54, 1.807) is 17.6 Å². The molecule has 0 atom stereocenters. The van der Waals surface area contributed by atoms with Crippen LogP contribution < -0.4 is 5.43 Å². The van der Waals surface area contributed by atoms with Gasteiger partial charge in [-0.3, -0.25) is 4.79 Å². The quantitative estimate of drug-likeness (QED) is 0.707. The number of imidazole rings is 1. The lowest BCUT2D eigenvalue weighted by Gasteiger charge is -2.08. The van der Waals surface area contributed by atoms with Crippen LogP contribution in [-0.4, -0.2) is 13.9 Å². The van der Waals surface area contributed by atoms with Gasteiger partial charge in [-0.25, -0.2) is 9.97 Å². The predicted molar refractivity (Wildman–Crippen MR) is 71.1 cm³/mol. The average Bonchev–Trinajstić information content (AvgIpc) is 2.79. The van der Waals surface area contributed by atoms with Crippen molar-refractivity contribution >= 4 is 11.5 Å². The predicted octanol–water partition coefficient (Wildman–Crippen LogP) is 2.02. The summed E-state index contributed by atoms with van der Waals surface area (Å²) in [5.74, 6) is 0. The van der Waals surface area contributed by atoms with Gasteiger partial charge in [0.15, 0.2) is 5.43 Å². The minimum absolute atomic E-state index is 0.0344. The number of aromatic nitrogens is 3. The van der Waals surface area contributed by atoms with Crippen molar-refractivity contribution in [2.45, 2.75) is 19.8 Å². The number of nitrogens with zero attached hydrogens (tertiary/aromatic N) is 3. The molecule has 0 aromatic heterocycles. The second-order valence-electron chi connectivity index (χ2n) is 4.33. The first-order valence-electron chi connectivity index (χ1n) is 5.94. The van der Waals surface area contributed by atoms with Gasteiger partial charge < -0.3 is 3.96 Å². The largest absolute Gasteiger partial charge is 0.305 e. The summed E-state index contributed by atoms with van der Waals surface area (Å²) < 4.78 is 3.04. The van der Waals surface area contributed by atoms with Crippen molar-refractivity contribution in [2.24, 2.45) is 7.05 Å². The van der Waals surface area contributed by atoms with Gasteiger partial charge >= 0.3 is 0 Å². The molecule has 0 spiro atoms. The van der Waals surface area contributed by atoms with E-state index >= 15 is 0 Å². The van der Waals surface area contributed by atoms with Crippen molar-refractivity contribution in [2.75, 3.05) is 0 Å². The van der Waals surface area contributed by atoms with Crippen LogP contribution in [-0.2, 0) is 13.5 Å². The molecule has 5 heteroatoms. The van der Waals surface area contributed by atoms with E-state index < -0.39 is 0 Å². The molecule has 0 fully saturated rings. The molecule has 0 bridgehead atoms. The fraction of sp³-hybridized carbons (Fsp3) is 0.308. The number of fused-ring (bicyclic) bond motifs is 2. The Balaban J connectivity index is 2.47. The zero-order chi connectivity index (χ0) is 12.7. The molecule has 0 saturated heterocycles. The maximum absolute atomic E-state index is 12.1. The third-order valence-corrected chi connectivity index (χ3v) is 4.17. The van der Waals surface area contributed by atoms with Gasteiger partial charge in [-0.05, 0) is 12.5 Å². The molecule has 0 amide bonds. The van der Waals surface area contributed by atoms with E-state index in [1.165, 1.54) is 12.0 Å². The maximum Gasteiger partial charge on any atom is 0.189 e. The van der Waals surface area contributed by atoms with Gasteiger partial charge in [0, 0.05) is 24.0 Å². The van der Waals surface area contributed by atoms with E-state index in [0.29, 0.717) is 5.69 Å². The Bertz CT molecular complexity index is 789. The molecule has 1 aliphatic carbocycles. The summed E-state index contributed by atoms with van der Waals surface area (Å²) in [6.45, 7) is 2.14. The Kier molecular flexibility index (Phi) is 2.63. The molecule has 18 heavy (non-hydrogen) atoms. The molecule has 3 rings (SSSR count). The van der Waals surface area contributed by atoms with Crippen molar-refractivity contribution in [1.29, 1.82) is 0 Å². The first-order chi connectivity index (χ1) is 8.70. The van der Waals surface area contributed by atoms with Crippen molar-refractivity contribution in [3.63, 3.8) is 0 Å². The van der Waals surface area contributed by atoms with Crippen LogP contribution in [0.3, 0.4) is 0 Å². The number of rotatable bonds is 2. The Morgan fingerprint density at radius 3 is 2.94 bits per heavy atom. The van der Waals surface area contributed by atoms with Crippen LogP contribution in [0.1, 0.15) is 19.0 Å². The Labute approximate surface area is 108 Å². The lowest BCUT2D eigenvalue weighted by Crippen LogP contribution is -2.08. The molecule has 2 aliphatic heterocycles. The van der Waals surface area contributed by atoms with Gasteiger partial charge in [0.2, 0.25) is 0 Å². The van der Waals surface area contributed by atoms with E-state index in [0.717, 1.165) is 28.3 Å². The van der Waals surface area contributed by atoms with E-state index in [-0.39, 0.29) is 5.43 Å². The number of aryl methyl sites for hydroxylation is 2. The molecule has 2 heterocycles. The van der Waals surface area contributed by atoms with Crippen LogP contribution in [0.15, 0.2) is 23.3 Å². The van der Waals surface area contributed by atoms with Crippen molar-refractivity contribution in [1.82, 2.24) is 13.9 Å². The van der Waals surface area contributed by atoms with Crippen molar-refractivity contribution in [3.05, 3.63) is 44.1 Å². The number of hydrogen-bond donors (Lipinski definition) is 0. The minimum atomic E-state index is 0.0344. The monoisotopic (exact) mass is 259 g/mol. The highest BCUT2D eigenvalue weighted by atomic mass is 32.1. The van der Waals surface area contributed by atoms with Crippen LogP contribution >= 0.6 is 11.5 Å². The molecule has 0 radical (unpaired) electrons. The maximum atomic E-state index is 12.1. The van der Waals surface area contributed by atoms with E-state index in [1.807, 2.05) is 13.1 Å². The van der Waals surface area contributed by atoms with Crippen LogP contribution in [0.25, 0.3) is 11.4 Å². The third kappa shape index (κ3) is 1.62. The SMILES string of the molecule is CCCc1cc2c(=O)cc3ncnc-3c=2sn1C. The minimum Gasteiger partial charge on any atom is -0.305 e. The summed E-state index contributed by atoms with van der Waals surface area (Å²) in [4.78, 5) is 20.4. The summed E-state index contributed by atoms with van der Waals surface area (Å²) in [5, 5.41) is 0.759. The van der Waals surface area contributed by atoms with Gasteiger partial charge in [-0.15, -0.1) is 0 Å². The fourth-order valence-electron chi connectivity index (χ4n) is 2.17. The van der Waals surface area contributed by atoms with Crippen LogP contribution in [0, 0.1) is 9.75 Å². The van der Waals surface area contributed by atoms with Gasteiger partial charge in [0.1, 0.15) is 12.0 Å². The highest BCUT2D eigenvalue weighted by Gasteiger charge is 2.12. The van der Waals surface area contributed by atoms with Crippen molar-refractivity contribution < 1.29 is 0 Å².